The molecule has 2 aliphatic carbocycles. The van der Waals surface area contributed by atoms with E-state index in [0.29, 0.717) is 12.4 Å². The number of para-hydroxylation sites is 2. The highest BCUT2D eigenvalue weighted by atomic mass is 17.2. The zero-order valence-corrected chi connectivity index (χ0v) is 31.9. The maximum Gasteiger partial charge on any atom is 0.336 e. The van der Waals surface area contributed by atoms with Crippen molar-refractivity contribution in [3.63, 3.8) is 0 Å². The van der Waals surface area contributed by atoms with E-state index < -0.39 is 5.97 Å². The second-order valence-electron chi connectivity index (χ2n) is 15.4. The standard InChI is InChI=1S/C51H44N2O4/c54-48(26-21-37-19-24-43(25-20-37)53-34-30-39-10-2-4-14-45(39)53)56-46-15-5-11-40-27-31-51(49(40)46)32-28-41-12-6-16-47(50(41)51)57-55-35-7-8-36-17-22-42(23-18-36)52-33-29-38-9-1-3-13-44(38)52/h1-26H,27-35H2/b8-7+,26-21+. The Labute approximate surface area is 334 Å². The van der Waals surface area contributed by atoms with Crippen LogP contribution in [0.3, 0.4) is 0 Å². The number of nitrogens with zero attached hydrogens (tertiary/aromatic N) is 2. The Morgan fingerprint density at radius 3 is 1.70 bits per heavy atom. The molecule has 57 heavy (non-hydrogen) atoms. The molecular weight excluding hydrogens is 705 g/mol. The molecule has 10 rings (SSSR count). The molecule has 282 valence electrons. The first-order valence-corrected chi connectivity index (χ1v) is 20.1. The van der Waals surface area contributed by atoms with Gasteiger partial charge in [0.15, 0.2) is 5.75 Å². The molecule has 0 amide bonds. The molecule has 6 aromatic carbocycles. The van der Waals surface area contributed by atoms with Crippen molar-refractivity contribution >= 4 is 40.9 Å². The lowest BCUT2D eigenvalue weighted by molar-refractivity contribution is -0.196. The van der Waals surface area contributed by atoms with Crippen molar-refractivity contribution in [3.05, 3.63) is 190 Å². The van der Waals surface area contributed by atoms with Gasteiger partial charge in [0.25, 0.3) is 0 Å². The topological polar surface area (TPSA) is 51.2 Å². The molecule has 4 aliphatic rings. The van der Waals surface area contributed by atoms with Gasteiger partial charge < -0.3 is 19.4 Å². The maximum absolute atomic E-state index is 13.4. The summed E-state index contributed by atoms with van der Waals surface area (Å²) in [6.45, 7) is 2.28. The quantitative estimate of drug-likeness (QED) is 0.0347. The summed E-state index contributed by atoms with van der Waals surface area (Å²) < 4.78 is 6.15. The zero-order valence-electron chi connectivity index (χ0n) is 31.9. The van der Waals surface area contributed by atoms with Gasteiger partial charge in [0.2, 0.25) is 0 Å². The first-order valence-electron chi connectivity index (χ1n) is 20.1. The lowest BCUT2D eigenvalue weighted by atomic mass is 9.76. The Morgan fingerprint density at radius 1 is 0.561 bits per heavy atom. The number of aryl methyl sites for hydroxylation is 2. The number of hydrogen-bond acceptors (Lipinski definition) is 6. The lowest BCUT2D eigenvalue weighted by Gasteiger charge is -2.29. The van der Waals surface area contributed by atoms with Crippen LogP contribution in [0.15, 0.2) is 146 Å². The predicted octanol–water partition coefficient (Wildman–Crippen LogP) is 10.9. The Kier molecular flexibility index (Phi) is 9.19. The second-order valence-corrected chi connectivity index (χ2v) is 15.4. The molecule has 1 spiro atoms. The average Bonchev–Trinajstić information content (AvgIpc) is 4.06. The van der Waals surface area contributed by atoms with Crippen molar-refractivity contribution in [1.82, 2.24) is 0 Å². The highest BCUT2D eigenvalue weighted by Crippen LogP contribution is 2.57. The van der Waals surface area contributed by atoms with Gasteiger partial charge in [-0.05, 0) is 127 Å². The molecule has 1 unspecified atom stereocenters. The van der Waals surface area contributed by atoms with Crippen LogP contribution in [0.4, 0.5) is 22.7 Å². The minimum Gasteiger partial charge on any atom is -0.423 e. The molecule has 0 radical (unpaired) electrons. The summed E-state index contributed by atoms with van der Waals surface area (Å²) in [5.41, 5.74) is 14.1. The van der Waals surface area contributed by atoms with E-state index in [4.69, 9.17) is 14.5 Å². The predicted molar refractivity (Wildman–Crippen MR) is 228 cm³/mol. The number of hydrogen-bond donors (Lipinski definition) is 0. The van der Waals surface area contributed by atoms with Crippen molar-refractivity contribution in [2.45, 2.75) is 43.9 Å². The number of rotatable bonds is 10. The first kappa shape index (κ1) is 35.1. The van der Waals surface area contributed by atoms with Gasteiger partial charge in [-0.2, -0.15) is 4.89 Å². The SMILES string of the molecule is O=C(/C=C/c1ccc(N2CCc3ccccc32)cc1)Oc1cccc2c1C1(CCc3cccc(OOC/C=C/c4ccc(N5CCc6ccccc65)cc4)c31)CC2. The highest BCUT2D eigenvalue weighted by molar-refractivity contribution is 5.89. The van der Waals surface area contributed by atoms with E-state index in [1.165, 1.54) is 45.4 Å². The smallest absolute Gasteiger partial charge is 0.336 e. The van der Waals surface area contributed by atoms with Gasteiger partial charge in [0, 0.05) is 58.5 Å². The largest absolute Gasteiger partial charge is 0.423 e. The van der Waals surface area contributed by atoms with Crippen LogP contribution >= 0.6 is 0 Å². The van der Waals surface area contributed by atoms with E-state index in [2.05, 4.69) is 125 Å². The summed E-state index contributed by atoms with van der Waals surface area (Å²) in [7, 11) is 0. The van der Waals surface area contributed by atoms with E-state index in [1.807, 2.05) is 36.4 Å². The number of carbonyl (C=O) groups excluding carboxylic acids is 1. The summed E-state index contributed by atoms with van der Waals surface area (Å²) in [6, 6.07) is 46.5. The van der Waals surface area contributed by atoms with Crippen molar-refractivity contribution in [2.24, 2.45) is 0 Å². The van der Waals surface area contributed by atoms with Crippen LogP contribution in [0, 0.1) is 0 Å². The van der Waals surface area contributed by atoms with E-state index in [0.717, 1.165) is 85.3 Å². The fourth-order valence-electron chi connectivity index (χ4n) is 9.63. The number of fused-ring (bicyclic) bond motifs is 6. The third-order valence-electron chi connectivity index (χ3n) is 12.3. The normalized spacial score (nSPS) is 17.7. The third-order valence-corrected chi connectivity index (χ3v) is 12.3. The molecule has 0 fully saturated rings. The Morgan fingerprint density at radius 2 is 1.09 bits per heavy atom. The van der Waals surface area contributed by atoms with Crippen LogP contribution in [0.2, 0.25) is 0 Å². The summed E-state index contributed by atoms with van der Waals surface area (Å²) in [4.78, 5) is 30.0. The fraction of sp³-hybridized carbons (Fsp3) is 0.196. The van der Waals surface area contributed by atoms with Gasteiger partial charge in [0.05, 0.1) is 0 Å². The van der Waals surface area contributed by atoms with Gasteiger partial charge >= 0.3 is 5.97 Å². The Bertz CT molecular complexity index is 2520. The molecule has 0 saturated carbocycles. The Balaban J connectivity index is 0.802. The van der Waals surface area contributed by atoms with Crippen molar-refractivity contribution < 1.29 is 19.3 Å². The molecule has 1 atom stereocenters. The van der Waals surface area contributed by atoms with Gasteiger partial charge in [-0.25, -0.2) is 4.79 Å². The molecular formula is C51H44N2O4. The van der Waals surface area contributed by atoms with Crippen LogP contribution in [-0.4, -0.2) is 25.7 Å². The number of esters is 1. The Hall–Kier alpha value is -6.37. The van der Waals surface area contributed by atoms with E-state index in [-0.39, 0.29) is 5.41 Å². The number of benzene rings is 6. The monoisotopic (exact) mass is 748 g/mol. The van der Waals surface area contributed by atoms with Crippen LogP contribution < -0.4 is 19.4 Å². The fourth-order valence-corrected chi connectivity index (χ4v) is 9.63. The van der Waals surface area contributed by atoms with Gasteiger partial charge in [-0.1, -0.05) is 97.1 Å². The lowest BCUT2D eigenvalue weighted by Crippen LogP contribution is -2.24. The first-order chi connectivity index (χ1) is 28.1. The maximum atomic E-state index is 13.4. The van der Waals surface area contributed by atoms with Gasteiger partial charge in [-0.15, -0.1) is 0 Å². The number of carbonyl (C=O) groups is 1. The van der Waals surface area contributed by atoms with E-state index >= 15 is 0 Å². The van der Waals surface area contributed by atoms with Gasteiger partial charge in [0.1, 0.15) is 12.4 Å². The van der Waals surface area contributed by atoms with Crippen LogP contribution in [-0.2, 0) is 40.8 Å². The molecule has 6 nitrogen and oxygen atoms in total. The molecule has 0 saturated heterocycles. The zero-order chi connectivity index (χ0) is 38.2. The van der Waals surface area contributed by atoms with Gasteiger partial charge in [-0.3, -0.25) is 0 Å². The van der Waals surface area contributed by atoms with E-state index in [1.54, 1.807) is 0 Å². The highest BCUT2D eigenvalue weighted by Gasteiger charge is 2.49. The molecule has 0 bridgehead atoms. The van der Waals surface area contributed by atoms with Crippen LogP contribution in [0.5, 0.6) is 11.5 Å². The number of anilines is 4. The molecule has 0 aromatic heterocycles. The van der Waals surface area contributed by atoms with Crippen molar-refractivity contribution in [2.75, 3.05) is 29.5 Å². The van der Waals surface area contributed by atoms with Crippen molar-refractivity contribution in [3.8, 4) is 11.5 Å². The minimum atomic E-state index is -0.392. The molecule has 2 aliphatic heterocycles. The summed E-state index contributed by atoms with van der Waals surface area (Å²) >= 11 is 0. The molecule has 6 heteroatoms. The summed E-state index contributed by atoms with van der Waals surface area (Å²) in [5, 5.41) is 0. The molecule has 6 aromatic rings. The average molecular weight is 749 g/mol. The summed E-state index contributed by atoms with van der Waals surface area (Å²) in [5.74, 6) is 0.953. The van der Waals surface area contributed by atoms with Crippen LogP contribution in [0.1, 0.15) is 57.3 Å². The van der Waals surface area contributed by atoms with Crippen molar-refractivity contribution in [1.29, 1.82) is 0 Å². The second kappa shape index (κ2) is 14.9. The minimum absolute atomic E-state index is 0.304. The molecule has 0 N–H and O–H groups in total. The molecule has 2 heterocycles. The third kappa shape index (κ3) is 6.60. The summed E-state index contributed by atoms with van der Waals surface area (Å²) in [6.07, 6.45) is 13.2. The van der Waals surface area contributed by atoms with Crippen LogP contribution in [0.25, 0.3) is 12.2 Å². The number of ether oxygens (including phenoxy) is 1. The van der Waals surface area contributed by atoms with E-state index in [9.17, 15) is 4.79 Å².